The van der Waals surface area contributed by atoms with Crippen LogP contribution in [0.25, 0.3) is 11.4 Å². The Kier molecular flexibility index (Phi) is 2.51. The van der Waals surface area contributed by atoms with Gasteiger partial charge in [-0.25, -0.2) is 0 Å². The molecule has 4 heteroatoms. The molecule has 0 spiro atoms. The Bertz CT molecular complexity index is 462. The van der Waals surface area contributed by atoms with Gasteiger partial charge in [-0.1, -0.05) is 29.4 Å². The second kappa shape index (κ2) is 3.82. The van der Waals surface area contributed by atoms with E-state index in [0.29, 0.717) is 11.7 Å². The normalized spacial score (nSPS) is 12.7. The van der Waals surface area contributed by atoms with Crippen LogP contribution in [0, 0.1) is 6.92 Å². The van der Waals surface area contributed by atoms with E-state index in [1.54, 1.807) is 0 Å². The van der Waals surface area contributed by atoms with Crippen LogP contribution in [-0.2, 0) is 0 Å². The van der Waals surface area contributed by atoms with Gasteiger partial charge in [0.15, 0.2) is 0 Å². The molecule has 1 atom stereocenters. The predicted molar refractivity (Wildman–Crippen MR) is 57.1 cm³/mol. The second-order valence-corrected chi connectivity index (χ2v) is 3.56. The van der Waals surface area contributed by atoms with Gasteiger partial charge in [0.25, 0.3) is 0 Å². The minimum atomic E-state index is -0.227. The Morgan fingerprint density at radius 1 is 1.33 bits per heavy atom. The molecular formula is C11H13N3O. The van der Waals surface area contributed by atoms with E-state index in [9.17, 15) is 0 Å². The van der Waals surface area contributed by atoms with E-state index >= 15 is 0 Å². The molecule has 0 radical (unpaired) electrons. The first-order valence-corrected chi connectivity index (χ1v) is 4.83. The zero-order valence-corrected chi connectivity index (χ0v) is 8.77. The van der Waals surface area contributed by atoms with E-state index in [0.717, 1.165) is 11.1 Å². The number of benzene rings is 1. The van der Waals surface area contributed by atoms with E-state index in [2.05, 4.69) is 10.1 Å². The molecule has 2 rings (SSSR count). The fourth-order valence-electron chi connectivity index (χ4n) is 1.35. The van der Waals surface area contributed by atoms with Crippen molar-refractivity contribution in [3.63, 3.8) is 0 Å². The van der Waals surface area contributed by atoms with Crippen molar-refractivity contribution in [1.82, 2.24) is 10.1 Å². The Morgan fingerprint density at radius 3 is 2.67 bits per heavy atom. The lowest BCUT2D eigenvalue weighted by Gasteiger charge is -1.98. The highest BCUT2D eigenvalue weighted by Gasteiger charge is 2.12. The molecule has 4 nitrogen and oxygen atoms in total. The summed E-state index contributed by atoms with van der Waals surface area (Å²) in [5.41, 5.74) is 7.75. The minimum Gasteiger partial charge on any atom is -0.337 e. The molecule has 0 unspecified atom stereocenters. The highest BCUT2D eigenvalue weighted by atomic mass is 16.5. The van der Waals surface area contributed by atoms with Crippen molar-refractivity contribution in [3.8, 4) is 11.4 Å². The van der Waals surface area contributed by atoms with Crippen LogP contribution in [0.5, 0.6) is 0 Å². The summed E-state index contributed by atoms with van der Waals surface area (Å²) in [5.74, 6) is 1.06. The largest absolute Gasteiger partial charge is 0.337 e. The number of aryl methyl sites for hydroxylation is 1. The van der Waals surface area contributed by atoms with Gasteiger partial charge in [0.2, 0.25) is 11.7 Å². The van der Waals surface area contributed by atoms with Gasteiger partial charge in [-0.15, -0.1) is 0 Å². The lowest BCUT2D eigenvalue weighted by molar-refractivity contribution is 0.362. The summed E-state index contributed by atoms with van der Waals surface area (Å²) in [6.07, 6.45) is 0. The molecular weight excluding hydrogens is 190 g/mol. The van der Waals surface area contributed by atoms with E-state index < -0.39 is 0 Å². The van der Waals surface area contributed by atoms with Gasteiger partial charge in [0.05, 0.1) is 6.04 Å². The quantitative estimate of drug-likeness (QED) is 0.811. The van der Waals surface area contributed by atoms with Gasteiger partial charge in [-0.2, -0.15) is 4.98 Å². The van der Waals surface area contributed by atoms with Crippen molar-refractivity contribution in [2.75, 3.05) is 0 Å². The van der Waals surface area contributed by atoms with Crippen LogP contribution < -0.4 is 5.73 Å². The van der Waals surface area contributed by atoms with Gasteiger partial charge in [-0.3, -0.25) is 0 Å². The molecule has 0 aliphatic carbocycles. The number of hydrogen-bond donors (Lipinski definition) is 1. The second-order valence-electron chi connectivity index (χ2n) is 3.56. The standard InChI is InChI=1S/C11H13N3O/c1-7-5-3-4-6-9(7)10-13-11(8(2)12)15-14-10/h3-6,8H,12H2,1-2H3/t8-/m0/s1. The Labute approximate surface area is 88.1 Å². The number of rotatable bonds is 2. The maximum absolute atomic E-state index is 5.65. The minimum absolute atomic E-state index is 0.227. The maximum atomic E-state index is 5.65. The Balaban J connectivity index is 2.42. The number of nitrogens with zero attached hydrogens (tertiary/aromatic N) is 2. The van der Waals surface area contributed by atoms with Crippen molar-refractivity contribution in [1.29, 1.82) is 0 Å². The summed E-state index contributed by atoms with van der Waals surface area (Å²) < 4.78 is 5.05. The van der Waals surface area contributed by atoms with Crippen LogP contribution in [-0.4, -0.2) is 10.1 Å². The Hall–Kier alpha value is -1.68. The van der Waals surface area contributed by atoms with Crippen molar-refractivity contribution in [2.45, 2.75) is 19.9 Å². The summed E-state index contributed by atoms with van der Waals surface area (Å²) >= 11 is 0. The van der Waals surface area contributed by atoms with E-state index in [1.807, 2.05) is 38.1 Å². The zero-order chi connectivity index (χ0) is 10.8. The van der Waals surface area contributed by atoms with Gasteiger partial charge < -0.3 is 10.3 Å². The number of aromatic nitrogens is 2. The van der Waals surface area contributed by atoms with Crippen LogP contribution in [0.3, 0.4) is 0 Å². The molecule has 0 fully saturated rings. The number of nitrogens with two attached hydrogens (primary N) is 1. The molecule has 2 aromatic rings. The fourth-order valence-corrected chi connectivity index (χ4v) is 1.35. The molecule has 0 saturated heterocycles. The number of hydrogen-bond acceptors (Lipinski definition) is 4. The van der Waals surface area contributed by atoms with Crippen molar-refractivity contribution in [2.24, 2.45) is 5.73 Å². The van der Waals surface area contributed by atoms with Crippen molar-refractivity contribution in [3.05, 3.63) is 35.7 Å². The summed E-state index contributed by atoms with van der Waals surface area (Å²) in [6, 6.07) is 7.67. The third kappa shape index (κ3) is 1.89. The summed E-state index contributed by atoms with van der Waals surface area (Å²) in [5, 5.41) is 3.90. The lowest BCUT2D eigenvalue weighted by atomic mass is 10.1. The smallest absolute Gasteiger partial charge is 0.243 e. The zero-order valence-electron chi connectivity index (χ0n) is 8.77. The van der Waals surface area contributed by atoms with Crippen molar-refractivity contribution >= 4 is 0 Å². The SMILES string of the molecule is Cc1ccccc1-c1noc([C@H](C)N)n1. The third-order valence-corrected chi connectivity index (χ3v) is 2.22. The topological polar surface area (TPSA) is 64.9 Å². The molecule has 0 amide bonds. The lowest BCUT2D eigenvalue weighted by Crippen LogP contribution is -2.04. The molecule has 78 valence electrons. The fraction of sp³-hybridized carbons (Fsp3) is 0.273. The van der Waals surface area contributed by atoms with Crippen LogP contribution in [0.15, 0.2) is 28.8 Å². The van der Waals surface area contributed by atoms with Crippen LogP contribution in [0.1, 0.15) is 24.4 Å². The summed E-state index contributed by atoms with van der Waals surface area (Å²) in [7, 11) is 0. The van der Waals surface area contributed by atoms with Crippen molar-refractivity contribution < 1.29 is 4.52 Å². The molecule has 0 saturated carbocycles. The molecule has 1 heterocycles. The summed E-state index contributed by atoms with van der Waals surface area (Å²) in [6.45, 7) is 3.83. The maximum Gasteiger partial charge on any atom is 0.243 e. The van der Waals surface area contributed by atoms with E-state index in [1.165, 1.54) is 0 Å². The molecule has 0 bridgehead atoms. The molecule has 1 aromatic carbocycles. The highest BCUT2D eigenvalue weighted by Crippen LogP contribution is 2.20. The predicted octanol–water partition coefficient (Wildman–Crippen LogP) is 2.06. The van der Waals surface area contributed by atoms with Gasteiger partial charge in [0.1, 0.15) is 0 Å². The first-order valence-electron chi connectivity index (χ1n) is 4.83. The Morgan fingerprint density at radius 2 is 2.07 bits per heavy atom. The molecule has 0 aliphatic heterocycles. The average Bonchev–Trinajstić information content (AvgIpc) is 2.67. The van der Waals surface area contributed by atoms with E-state index in [4.69, 9.17) is 10.3 Å². The average molecular weight is 203 g/mol. The van der Waals surface area contributed by atoms with Gasteiger partial charge in [0, 0.05) is 5.56 Å². The van der Waals surface area contributed by atoms with Crippen LogP contribution in [0.2, 0.25) is 0 Å². The first kappa shape index (κ1) is 9.86. The van der Waals surface area contributed by atoms with Crippen LogP contribution >= 0.6 is 0 Å². The van der Waals surface area contributed by atoms with Gasteiger partial charge in [-0.05, 0) is 19.4 Å². The van der Waals surface area contributed by atoms with E-state index in [-0.39, 0.29) is 6.04 Å². The summed E-state index contributed by atoms with van der Waals surface area (Å²) in [4.78, 5) is 4.24. The van der Waals surface area contributed by atoms with Crippen LogP contribution in [0.4, 0.5) is 0 Å². The molecule has 15 heavy (non-hydrogen) atoms. The molecule has 1 aromatic heterocycles. The van der Waals surface area contributed by atoms with Gasteiger partial charge >= 0.3 is 0 Å². The first-order chi connectivity index (χ1) is 7.18. The third-order valence-electron chi connectivity index (χ3n) is 2.22. The molecule has 2 N–H and O–H groups in total. The highest BCUT2D eigenvalue weighted by molar-refractivity contribution is 5.58. The molecule has 0 aliphatic rings. The monoisotopic (exact) mass is 203 g/mol.